The first-order valence-electron chi connectivity index (χ1n) is 8.49. The second kappa shape index (κ2) is 5.06. The fraction of sp³-hybridized carbons (Fsp3) is 0.941. The van der Waals surface area contributed by atoms with Gasteiger partial charge in [-0.3, -0.25) is 4.79 Å². The van der Waals surface area contributed by atoms with Crippen LogP contribution in [-0.2, 0) is 9.53 Å². The minimum absolute atomic E-state index is 0.0454. The molecule has 0 radical (unpaired) electrons. The van der Waals surface area contributed by atoms with E-state index in [4.69, 9.17) is 4.74 Å². The number of carbonyl (C=O) groups excluding carboxylic acids is 1. The zero-order chi connectivity index (χ0) is 19.2. The Labute approximate surface area is 142 Å². The standard InChI is InChI=1S/C17H22F6O2/c1-7-9-5-10-12(7)16(10,8(9)2)13(24)25-14(3,4)17(22,23)15(20,21)6-11(18)19/h7-12H,5-6H2,1-4H3. The lowest BCUT2D eigenvalue weighted by atomic mass is 9.88. The molecule has 6 atom stereocenters. The highest BCUT2D eigenvalue weighted by molar-refractivity contribution is 5.84. The Kier molecular flexibility index (Phi) is 3.81. The summed E-state index contributed by atoms with van der Waals surface area (Å²) >= 11 is 0. The van der Waals surface area contributed by atoms with Crippen molar-refractivity contribution < 1.29 is 35.9 Å². The molecular weight excluding hydrogens is 350 g/mol. The van der Waals surface area contributed by atoms with Crippen molar-refractivity contribution in [1.29, 1.82) is 0 Å². The van der Waals surface area contributed by atoms with Crippen molar-refractivity contribution in [2.75, 3.05) is 0 Å². The Hall–Kier alpha value is -0.950. The van der Waals surface area contributed by atoms with Crippen molar-refractivity contribution in [3.63, 3.8) is 0 Å². The molecule has 0 heterocycles. The third-order valence-electron chi connectivity index (χ3n) is 6.98. The molecule has 0 amide bonds. The molecule has 8 heteroatoms. The Morgan fingerprint density at radius 1 is 1.20 bits per heavy atom. The van der Waals surface area contributed by atoms with E-state index in [2.05, 4.69) is 0 Å². The van der Waals surface area contributed by atoms with E-state index in [9.17, 15) is 31.1 Å². The van der Waals surface area contributed by atoms with Gasteiger partial charge >= 0.3 is 17.8 Å². The number of esters is 1. The summed E-state index contributed by atoms with van der Waals surface area (Å²) in [5, 5.41) is 0. The maximum atomic E-state index is 14.2. The highest BCUT2D eigenvalue weighted by Gasteiger charge is 2.85. The van der Waals surface area contributed by atoms with E-state index in [1.54, 1.807) is 0 Å². The first kappa shape index (κ1) is 18.8. The number of alkyl halides is 6. The summed E-state index contributed by atoms with van der Waals surface area (Å²) < 4.78 is 85.3. The summed E-state index contributed by atoms with van der Waals surface area (Å²) in [7, 11) is 0. The van der Waals surface area contributed by atoms with Crippen molar-refractivity contribution >= 4 is 5.97 Å². The Balaban J connectivity index is 1.79. The number of rotatable bonds is 6. The van der Waals surface area contributed by atoms with Gasteiger partial charge in [0.1, 0.15) is 0 Å². The van der Waals surface area contributed by atoms with Crippen LogP contribution in [0.25, 0.3) is 0 Å². The molecule has 4 aliphatic rings. The van der Waals surface area contributed by atoms with Crippen LogP contribution in [0.4, 0.5) is 26.3 Å². The molecule has 0 N–H and O–H groups in total. The highest BCUT2D eigenvalue weighted by Crippen LogP contribution is 2.84. The second-order valence-corrected chi connectivity index (χ2v) is 8.39. The van der Waals surface area contributed by atoms with Crippen molar-refractivity contribution in [2.24, 2.45) is 35.0 Å². The van der Waals surface area contributed by atoms with Gasteiger partial charge in [0.05, 0.1) is 11.8 Å². The topological polar surface area (TPSA) is 26.3 Å². The Bertz CT molecular complexity index is 586. The van der Waals surface area contributed by atoms with Gasteiger partial charge in [-0.05, 0) is 49.9 Å². The van der Waals surface area contributed by atoms with Gasteiger partial charge in [-0.25, -0.2) is 8.78 Å². The maximum Gasteiger partial charge on any atom is 0.348 e. The monoisotopic (exact) mass is 372 g/mol. The molecule has 144 valence electrons. The van der Waals surface area contributed by atoms with Crippen LogP contribution in [-0.4, -0.2) is 29.8 Å². The van der Waals surface area contributed by atoms with Gasteiger partial charge in [0.2, 0.25) is 6.43 Å². The molecule has 25 heavy (non-hydrogen) atoms. The van der Waals surface area contributed by atoms with Gasteiger partial charge in [-0.2, -0.15) is 17.6 Å². The average molecular weight is 372 g/mol. The third-order valence-corrected chi connectivity index (χ3v) is 6.98. The van der Waals surface area contributed by atoms with Gasteiger partial charge in [0, 0.05) is 0 Å². The van der Waals surface area contributed by atoms with Gasteiger partial charge in [-0.1, -0.05) is 13.8 Å². The summed E-state index contributed by atoms with van der Waals surface area (Å²) in [6, 6.07) is 0. The Morgan fingerprint density at radius 3 is 2.12 bits per heavy atom. The second-order valence-electron chi connectivity index (χ2n) is 8.39. The summed E-state index contributed by atoms with van der Waals surface area (Å²) in [4.78, 5) is 12.7. The molecule has 6 unspecified atom stereocenters. The van der Waals surface area contributed by atoms with Gasteiger partial charge in [0.25, 0.3) is 0 Å². The third kappa shape index (κ3) is 2.14. The first-order valence-corrected chi connectivity index (χ1v) is 8.49. The van der Waals surface area contributed by atoms with Gasteiger partial charge < -0.3 is 4.74 Å². The predicted molar refractivity (Wildman–Crippen MR) is 76.5 cm³/mol. The number of ether oxygens (including phenoxy) is 1. The molecule has 4 fully saturated rings. The average Bonchev–Trinajstić information content (AvgIpc) is 2.73. The van der Waals surface area contributed by atoms with Crippen LogP contribution in [0.2, 0.25) is 0 Å². The lowest BCUT2D eigenvalue weighted by Gasteiger charge is -2.39. The zero-order valence-electron chi connectivity index (χ0n) is 14.5. The summed E-state index contributed by atoms with van der Waals surface area (Å²) in [5.74, 6) is -10.1. The van der Waals surface area contributed by atoms with Gasteiger partial charge in [-0.15, -0.1) is 0 Å². The molecule has 0 aromatic rings. The van der Waals surface area contributed by atoms with E-state index in [1.165, 1.54) is 0 Å². The molecule has 0 aromatic carbocycles. The van der Waals surface area contributed by atoms with E-state index in [0.29, 0.717) is 19.8 Å². The zero-order valence-corrected chi connectivity index (χ0v) is 14.5. The van der Waals surface area contributed by atoms with Crippen LogP contribution in [0.5, 0.6) is 0 Å². The first-order chi connectivity index (χ1) is 11.2. The fourth-order valence-electron chi connectivity index (χ4n) is 5.70. The molecule has 4 rings (SSSR count). The molecule has 0 aliphatic heterocycles. The van der Waals surface area contributed by atoms with Crippen molar-refractivity contribution in [1.82, 2.24) is 0 Å². The fourth-order valence-corrected chi connectivity index (χ4v) is 5.70. The van der Waals surface area contributed by atoms with Crippen LogP contribution in [0.15, 0.2) is 0 Å². The molecule has 2 nitrogen and oxygen atoms in total. The summed E-state index contributed by atoms with van der Waals surface area (Å²) in [6.45, 7) is 5.19. The van der Waals surface area contributed by atoms with Crippen LogP contribution in [0.3, 0.4) is 0 Å². The van der Waals surface area contributed by atoms with E-state index in [0.717, 1.165) is 6.42 Å². The summed E-state index contributed by atoms with van der Waals surface area (Å²) in [6.07, 6.45) is -5.06. The molecule has 4 bridgehead atoms. The van der Waals surface area contributed by atoms with E-state index in [-0.39, 0.29) is 23.7 Å². The SMILES string of the molecule is CC1C2CC3C1C3(C(=O)OC(C)(C)C(F)(F)C(F)(F)CC(F)F)C2C. The number of hydrogen-bond donors (Lipinski definition) is 0. The largest absolute Gasteiger partial charge is 0.453 e. The number of halogens is 6. The van der Waals surface area contributed by atoms with Crippen LogP contribution >= 0.6 is 0 Å². The van der Waals surface area contributed by atoms with E-state index >= 15 is 0 Å². The van der Waals surface area contributed by atoms with Crippen molar-refractivity contribution in [2.45, 2.75) is 64.4 Å². The van der Waals surface area contributed by atoms with Gasteiger partial charge in [0.15, 0.2) is 5.60 Å². The predicted octanol–water partition coefficient (Wildman–Crippen LogP) is 4.77. The smallest absolute Gasteiger partial charge is 0.348 e. The lowest BCUT2D eigenvalue weighted by Crippen LogP contribution is -2.58. The maximum absolute atomic E-state index is 14.2. The van der Waals surface area contributed by atoms with Crippen molar-refractivity contribution in [3.8, 4) is 0 Å². The minimum atomic E-state index is -4.98. The van der Waals surface area contributed by atoms with E-state index < -0.39 is 41.7 Å². The quantitative estimate of drug-likeness (QED) is 0.496. The van der Waals surface area contributed by atoms with E-state index in [1.807, 2.05) is 13.8 Å². The highest BCUT2D eigenvalue weighted by atomic mass is 19.3. The van der Waals surface area contributed by atoms with Crippen LogP contribution in [0, 0.1) is 35.0 Å². The summed E-state index contributed by atoms with van der Waals surface area (Å²) in [5.41, 5.74) is -3.75. The van der Waals surface area contributed by atoms with Crippen LogP contribution in [0.1, 0.15) is 40.5 Å². The number of carbonyl (C=O) groups is 1. The number of hydrogen-bond acceptors (Lipinski definition) is 2. The molecule has 4 aliphatic carbocycles. The minimum Gasteiger partial charge on any atom is -0.453 e. The molecular formula is C17H22F6O2. The Morgan fingerprint density at radius 2 is 1.76 bits per heavy atom. The molecule has 0 aromatic heterocycles. The lowest BCUT2D eigenvalue weighted by molar-refractivity contribution is -0.296. The normalized spacial score (nSPS) is 39.9. The molecule has 0 saturated heterocycles. The molecule has 0 spiro atoms. The molecule has 4 saturated carbocycles. The van der Waals surface area contributed by atoms with Crippen LogP contribution < -0.4 is 0 Å². The van der Waals surface area contributed by atoms with Crippen molar-refractivity contribution in [3.05, 3.63) is 0 Å².